The smallest absolute Gasteiger partial charge is 0.125 e. The normalized spacial score (nSPS) is 16.7. The van der Waals surface area contributed by atoms with Crippen LogP contribution in [0, 0.1) is 0 Å². The lowest BCUT2D eigenvalue weighted by atomic mass is 11.8. The van der Waals surface area contributed by atoms with E-state index in [1.807, 2.05) is 0 Å². The molecular weight excluding hydrogens is 206 g/mol. The van der Waals surface area contributed by atoms with Crippen molar-refractivity contribution in [2.75, 3.05) is 0 Å². The van der Waals surface area contributed by atoms with Crippen molar-refractivity contribution in [3.05, 3.63) is 0 Å². The molecule has 0 amide bonds. The monoisotopic (exact) mass is 224 g/mol. The second-order valence-electron chi connectivity index (χ2n) is 4.85. The van der Waals surface area contributed by atoms with Crippen LogP contribution in [0.3, 0.4) is 0 Å². The number of nitrogens with zero attached hydrogens (tertiary/aromatic N) is 1. The van der Waals surface area contributed by atoms with Crippen molar-refractivity contribution >= 4 is 27.7 Å². The lowest BCUT2D eigenvalue weighted by molar-refractivity contribution is 0.512. The molecule has 1 unspecified atom stereocenters. The summed E-state index contributed by atoms with van der Waals surface area (Å²) in [6, 6.07) is 0. The maximum atomic E-state index is 11.0. The Bertz CT molecular complexity index is 171. The molecule has 74 valence electrons. The fourth-order valence-electron chi connectivity index (χ4n) is 1.45. The highest BCUT2D eigenvalue weighted by Gasteiger charge is 2.35. The van der Waals surface area contributed by atoms with Crippen molar-refractivity contribution in [1.82, 2.24) is 3.64 Å². The van der Waals surface area contributed by atoms with Gasteiger partial charge in [-0.15, -0.1) is 0 Å². The predicted octanol–water partition coefficient (Wildman–Crippen LogP) is 1.75. The fourth-order valence-corrected chi connectivity index (χ4v) is 13.1. The predicted molar refractivity (Wildman–Crippen MR) is 57.5 cm³/mol. The molecular formula is C6H18NO2SSi2-. The first-order chi connectivity index (χ1) is 5.07. The molecule has 0 aliphatic rings. The summed E-state index contributed by atoms with van der Waals surface area (Å²) in [5.41, 5.74) is 0. The van der Waals surface area contributed by atoms with Crippen LogP contribution in [-0.2, 0) is 11.3 Å². The Balaban J connectivity index is 4.82. The van der Waals surface area contributed by atoms with E-state index in [9.17, 15) is 8.76 Å². The van der Waals surface area contributed by atoms with Crippen LogP contribution in [0.5, 0.6) is 0 Å². The van der Waals surface area contributed by atoms with Crippen molar-refractivity contribution < 1.29 is 8.76 Å². The minimum absolute atomic E-state index is 1.70. The Morgan fingerprint density at radius 1 is 1.00 bits per heavy atom. The average molecular weight is 224 g/mol. The molecule has 1 atom stereocenters. The zero-order valence-electron chi connectivity index (χ0n) is 8.67. The van der Waals surface area contributed by atoms with Gasteiger partial charge in [-0.1, -0.05) is 39.3 Å². The molecule has 0 spiro atoms. The van der Waals surface area contributed by atoms with E-state index in [2.05, 4.69) is 39.3 Å². The molecule has 3 nitrogen and oxygen atoms in total. The van der Waals surface area contributed by atoms with Gasteiger partial charge >= 0.3 is 0 Å². The first kappa shape index (κ1) is 12.5. The molecule has 0 aromatic rings. The molecule has 0 saturated heterocycles. The number of rotatable bonds is 3. The van der Waals surface area contributed by atoms with E-state index in [1.165, 1.54) is 0 Å². The third-order valence-corrected chi connectivity index (χ3v) is 12.3. The third kappa shape index (κ3) is 3.48. The van der Waals surface area contributed by atoms with Crippen LogP contribution in [-0.4, -0.2) is 28.9 Å². The molecule has 0 fully saturated rings. The molecule has 0 bridgehead atoms. The van der Waals surface area contributed by atoms with Gasteiger partial charge in [-0.3, -0.25) is 7.85 Å². The second-order valence-corrected chi connectivity index (χ2v) is 16.3. The van der Waals surface area contributed by atoms with Gasteiger partial charge in [0, 0.05) is 11.3 Å². The summed E-state index contributed by atoms with van der Waals surface area (Å²) >= 11 is -2.04. The van der Waals surface area contributed by atoms with Crippen LogP contribution in [0.4, 0.5) is 0 Å². The summed E-state index contributed by atoms with van der Waals surface area (Å²) in [6.45, 7) is 12.3. The largest absolute Gasteiger partial charge is 0.761 e. The van der Waals surface area contributed by atoms with Gasteiger partial charge in [0.25, 0.3) is 0 Å². The SMILES string of the molecule is C[Si](C)(C)N(S(=O)[O-])[Si](C)(C)C. The zero-order chi connectivity index (χ0) is 10.2. The summed E-state index contributed by atoms with van der Waals surface area (Å²) in [7, 11) is -3.41. The Morgan fingerprint density at radius 3 is 1.25 bits per heavy atom. The van der Waals surface area contributed by atoms with E-state index in [0.717, 1.165) is 0 Å². The lowest BCUT2D eigenvalue weighted by Crippen LogP contribution is -2.59. The molecule has 0 heterocycles. The van der Waals surface area contributed by atoms with Gasteiger partial charge in [0.1, 0.15) is 16.5 Å². The van der Waals surface area contributed by atoms with Crippen LogP contribution in [0.25, 0.3) is 0 Å². The van der Waals surface area contributed by atoms with Crippen molar-refractivity contribution in [2.24, 2.45) is 0 Å². The van der Waals surface area contributed by atoms with E-state index in [-0.39, 0.29) is 0 Å². The Labute approximate surface area is 79.8 Å². The molecule has 0 aromatic carbocycles. The van der Waals surface area contributed by atoms with Gasteiger partial charge in [0.2, 0.25) is 0 Å². The maximum absolute atomic E-state index is 11.0. The standard InChI is InChI=1S/C6H19NO2SSi2/c1-11(2,3)7(10(8)9)12(4,5)6/h1-6H3,(H,8,9)/p-1. The Hall–Kier alpha value is 0.504. The molecule has 0 rings (SSSR count). The van der Waals surface area contributed by atoms with E-state index in [4.69, 9.17) is 0 Å². The molecule has 0 saturated carbocycles. The molecule has 0 aliphatic carbocycles. The van der Waals surface area contributed by atoms with Gasteiger partial charge in [-0.25, -0.2) is 0 Å². The molecule has 6 heteroatoms. The van der Waals surface area contributed by atoms with Crippen LogP contribution in [0.1, 0.15) is 0 Å². The summed E-state index contributed by atoms with van der Waals surface area (Å²) < 4.78 is 23.7. The summed E-state index contributed by atoms with van der Waals surface area (Å²) in [4.78, 5) is 0. The second kappa shape index (κ2) is 3.71. The number of hydrogen-bond acceptors (Lipinski definition) is 2. The van der Waals surface area contributed by atoms with Crippen molar-refractivity contribution in [3.8, 4) is 0 Å². The number of hydrogen-bond donors (Lipinski definition) is 0. The van der Waals surface area contributed by atoms with Gasteiger partial charge in [-0.2, -0.15) is 0 Å². The summed E-state index contributed by atoms with van der Waals surface area (Å²) in [5.74, 6) is 0. The highest BCUT2D eigenvalue weighted by molar-refractivity contribution is 7.80. The van der Waals surface area contributed by atoms with Crippen molar-refractivity contribution in [1.29, 1.82) is 0 Å². The van der Waals surface area contributed by atoms with Crippen LogP contribution < -0.4 is 0 Å². The van der Waals surface area contributed by atoms with Gasteiger partial charge in [0.15, 0.2) is 0 Å². The first-order valence-electron chi connectivity index (χ1n) is 3.96. The molecule has 0 N–H and O–H groups in total. The Morgan fingerprint density at radius 2 is 1.25 bits per heavy atom. The summed E-state index contributed by atoms with van der Waals surface area (Å²) in [6.07, 6.45) is 0. The minimum atomic E-state index is -2.04. The molecule has 0 radical (unpaired) electrons. The highest BCUT2D eigenvalue weighted by atomic mass is 32.2. The van der Waals surface area contributed by atoms with E-state index in [1.54, 1.807) is 3.64 Å². The van der Waals surface area contributed by atoms with E-state index < -0.39 is 27.7 Å². The van der Waals surface area contributed by atoms with Gasteiger partial charge < -0.3 is 4.55 Å². The topological polar surface area (TPSA) is 43.4 Å². The quantitative estimate of drug-likeness (QED) is 0.541. The van der Waals surface area contributed by atoms with Gasteiger partial charge in [0.05, 0.1) is 0 Å². The van der Waals surface area contributed by atoms with E-state index in [0.29, 0.717) is 0 Å². The lowest BCUT2D eigenvalue weighted by Gasteiger charge is -2.43. The van der Waals surface area contributed by atoms with Crippen LogP contribution in [0.15, 0.2) is 0 Å². The first-order valence-corrected chi connectivity index (χ1v) is 11.9. The minimum Gasteiger partial charge on any atom is -0.761 e. The zero-order valence-corrected chi connectivity index (χ0v) is 11.5. The third-order valence-electron chi connectivity index (χ3n) is 1.37. The van der Waals surface area contributed by atoms with Crippen molar-refractivity contribution in [3.63, 3.8) is 0 Å². The van der Waals surface area contributed by atoms with Crippen LogP contribution >= 0.6 is 0 Å². The molecule has 0 aliphatic heterocycles. The Kier molecular flexibility index (Phi) is 3.86. The average Bonchev–Trinajstić information content (AvgIpc) is 1.49. The maximum Gasteiger partial charge on any atom is 0.125 e. The molecule has 12 heavy (non-hydrogen) atoms. The van der Waals surface area contributed by atoms with Gasteiger partial charge in [-0.05, 0) is 0 Å². The summed E-state index contributed by atoms with van der Waals surface area (Å²) in [5, 5.41) is 0. The highest BCUT2D eigenvalue weighted by Crippen LogP contribution is 2.20. The van der Waals surface area contributed by atoms with E-state index >= 15 is 0 Å². The fraction of sp³-hybridized carbons (Fsp3) is 1.00. The molecule has 0 aromatic heterocycles. The van der Waals surface area contributed by atoms with Crippen LogP contribution in [0.2, 0.25) is 39.3 Å². The van der Waals surface area contributed by atoms with Crippen molar-refractivity contribution in [2.45, 2.75) is 39.3 Å².